The van der Waals surface area contributed by atoms with Gasteiger partial charge in [0.05, 0.1) is 22.8 Å². The number of piperazine rings is 1. The van der Waals surface area contributed by atoms with Gasteiger partial charge in [0.2, 0.25) is 0 Å². The van der Waals surface area contributed by atoms with Crippen LogP contribution in [0.25, 0.3) is 22.4 Å². The Labute approximate surface area is 245 Å². The first-order valence-electron chi connectivity index (χ1n) is 14.4. The van der Waals surface area contributed by atoms with Gasteiger partial charge >= 0.3 is 0 Å². The minimum Gasteiger partial charge on any atom is -0.387 e. The van der Waals surface area contributed by atoms with Crippen LogP contribution in [-0.2, 0) is 0 Å². The predicted molar refractivity (Wildman–Crippen MR) is 166 cm³/mol. The number of halogens is 1. The zero-order chi connectivity index (χ0) is 28.5. The van der Waals surface area contributed by atoms with Gasteiger partial charge in [0, 0.05) is 55.7 Å². The number of H-pyrrole nitrogens is 2. The Bertz CT molecular complexity index is 1570. The van der Waals surface area contributed by atoms with Gasteiger partial charge in [-0.3, -0.25) is 9.69 Å². The van der Waals surface area contributed by atoms with Gasteiger partial charge in [0.25, 0.3) is 5.56 Å². The molecule has 2 saturated heterocycles. The fourth-order valence-electron chi connectivity index (χ4n) is 6.18. The number of aryl methyl sites for hydroxylation is 1. The molecule has 4 N–H and O–H groups in total. The fraction of sp³-hybridized carbons (Fsp3) is 0.419. The van der Waals surface area contributed by atoms with Crippen LogP contribution in [0.3, 0.4) is 0 Å². The SMILES string of the molecule is Cc1cc(N2CCN(C3CCN(C)CC3)CC2)cc2[nH]c(-c3c(NCC(O)c4cccc(Cl)c4)cc[nH]c3=O)nc12. The van der Waals surface area contributed by atoms with Gasteiger partial charge in [0.1, 0.15) is 11.4 Å². The number of aliphatic hydroxyl groups is 1. The maximum absolute atomic E-state index is 13.0. The zero-order valence-corrected chi connectivity index (χ0v) is 24.4. The van der Waals surface area contributed by atoms with Gasteiger partial charge in [-0.2, -0.15) is 0 Å². The number of aromatic amines is 2. The summed E-state index contributed by atoms with van der Waals surface area (Å²) in [5, 5.41) is 14.5. The van der Waals surface area contributed by atoms with Gasteiger partial charge < -0.3 is 30.2 Å². The Morgan fingerprint density at radius 2 is 1.88 bits per heavy atom. The Morgan fingerprint density at radius 3 is 2.63 bits per heavy atom. The monoisotopic (exact) mass is 575 g/mol. The van der Waals surface area contributed by atoms with Crippen LogP contribution in [0.15, 0.2) is 53.5 Å². The molecule has 10 heteroatoms. The Hall–Kier alpha value is -3.37. The van der Waals surface area contributed by atoms with Crippen molar-refractivity contribution in [2.24, 2.45) is 0 Å². The van der Waals surface area contributed by atoms with Gasteiger partial charge in [-0.05, 0) is 81.4 Å². The molecule has 0 radical (unpaired) electrons. The first-order chi connectivity index (χ1) is 19.9. The van der Waals surface area contributed by atoms with Crippen molar-refractivity contribution in [3.05, 3.63) is 75.2 Å². The third kappa shape index (κ3) is 5.99. The molecule has 2 aliphatic heterocycles. The molecule has 0 bridgehead atoms. The highest BCUT2D eigenvalue weighted by atomic mass is 35.5. The van der Waals surface area contributed by atoms with E-state index < -0.39 is 6.10 Å². The summed E-state index contributed by atoms with van der Waals surface area (Å²) in [4.78, 5) is 31.6. The van der Waals surface area contributed by atoms with Crippen LogP contribution in [0.1, 0.15) is 30.1 Å². The molecule has 41 heavy (non-hydrogen) atoms. The summed E-state index contributed by atoms with van der Waals surface area (Å²) in [6, 6.07) is 14.0. The maximum atomic E-state index is 13.0. The number of nitrogens with one attached hydrogen (secondary N) is 3. The van der Waals surface area contributed by atoms with Crippen molar-refractivity contribution in [1.29, 1.82) is 0 Å². The molecule has 4 heterocycles. The van der Waals surface area contributed by atoms with Crippen LogP contribution >= 0.6 is 11.6 Å². The lowest BCUT2D eigenvalue weighted by molar-refractivity contribution is 0.115. The molecule has 2 aliphatic rings. The molecular formula is C31H38ClN7O2. The molecular weight excluding hydrogens is 538 g/mol. The number of pyridine rings is 1. The maximum Gasteiger partial charge on any atom is 0.261 e. The lowest BCUT2D eigenvalue weighted by Crippen LogP contribution is -2.53. The van der Waals surface area contributed by atoms with Crippen molar-refractivity contribution in [1.82, 2.24) is 24.8 Å². The molecule has 216 valence electrons. The van der Waals surface area contributed by atoms with Crippen LogP contribution in [0, 0.1) is 6.92 Å². The first kappa shape index (κ1) is 27.8. The molecule has 0 spiro atoms. The van der Waals surface area contributed by atoms with Crippen LogP contribution in [0.4, 0.5) is 11.4 Å². The molecule has 2 fully saturated rings. The number of aromatic nitrogens is 3. The molecule has 0 amide bonds. The summed E-state index contributed by atoms with van der Waals surface area (Å²) in [7, 11) is 2.21. The Balaban J connectivity index is 1.20. The molecule has 0 saturated carbocycles. The molecule has 1 atom stereocenters. The number of fused-ring (bicyclic) bond motifs is 1. The van der Waals surface area contributed by atoms with Crippen molar-refractivity contribution in [3.63, 3.8) is 0 Å². The quantitative estimate of drug-likeness (QED) is 0.261. The minimum absolute atomic E-state index is 0.212. The van der Waals surface area contributed by atoms with Crippen LogP contribution in [-0.4, -0.2) is 88.8 Å². The second-order valence-electron chi connectivity index (χ2n) is 11.3. The summed E-state index contributed by atoms with van der Waals surface area (Å²) in [6.07, 6.45) is 3.32. The van der Waals surface area contributed by atoms with Crippen molar-refractivity contribution >= 4 is 34.0 Å². The number of imidazole rings is 1. The second kappa shape index (κ2) is 11.9. The average Bonchev–Trinajstić information content (AvgIpc) is 3.41. The largest absolute Gasteiger partial charge is 0.387 e. The third-order valence-electron chi connectivity index (χ3n) is 8.56. The van der Waals surface area contributed by atoms with Crippen LogP contribution in [0.2, 0.25) is 5.02 Å². The van der Waals surface area contributed by atoms with Crippen molar-refractivity contribution < 1.29 is 5.11 Å². The van der Waals surface area contributed by atoms with E-state index in [9.17, 15) is 9.90 Å². The fourth-order valence-corrected chi connectivity index (χ4v) is 6.38. The molecule has 9 nitrogen and oxygen atoms in total. The molecule has 0 aliphatic carbocycles. The number of likely N-dealkylation sites (tertiary alicyclic amines) is 1. The average molecular weight is 576 g/mol. The molecule has 1 unspecified atom stereocenters. The van der Waals surface area contributed by atoms with Crippen molar-refractivity contribution in [2.75, 3.05) is 63.1 Å². The van der Waals surface area contributed by atoms with E-state index >= 15 is 0 Å². The summed E-state index contributed by atoms with van der Waals surface area (Å²) < 4.78 is 0. The highest BCUT2D eigenvalue weighted by Crippen LogP contribution is 2.30. The number of anilines is 2. The lowest BCUT2D eigenvalue weighted by atomic mass is 10.0. The number of benzene rings is 2. The second-order valence-corrected chi connectivity index (χ2v) is 11.8. The van der Waals surface area contributed by atoms with E-state index in [1.807, 2.05) is 6.07 Å². The van der Waals surface area contributed by atoms with Gasteiger partial charge in [-0.1, -0.05) is 23.7 Å². The van der Waals surface area contributed by atoms with E-state index in [1.54, 1.807) is 30.5 Å². The lowest BCUT2D eigenvalue weighted by Gasteiger charge is -2.43. The van der Waals surface area contributed by atoms with E-state index in [2.05, 4.69) is 56.1 Å². The highest BCUT2D eigenvalue weighted by molar-refractivity contribution is 6.30. The van der Waals surface area contributed by atoms with Crippen molar-refractivity contribution in [3.8, 4) is 11.4 Å². The van der Waals surface area contributed by atoms with Gasteiger partial charge in [-0.15, -0.1) is 0 Å². The molecule has 2 aromatic heterocycles. The van der Waals surface area contributed by atoms with E-state index in [4.69, 9.17) is 16.6 Å². The normalized spacial score (nSPS) is 18.2. The number of hydrogen-bond donors (Lipinski definition) is 4. The van der Waals surface area contributed by atoms with E-state index in [0.717, 1.165) is 42.8 Å². The topological polar surface area (TPSA) is 104 Å². The van der Waals surface area contributed by atoms with Gasteiger partial charge in [0.15, 0.2) is 0 Å². The van der Waals surface area contributed by atoms with E-state index in [1.165, 1.54) is 31.6 Å². The van der Waals surface area contributed by atoms with E-state index in [-0.39, 0.29) is 12.1 Å². The summed E-state index contributed by atoms with van der Waals surface area (Å²) in [5.41, 5.74) is 5.45. The van der Waals surface area contributed by atoms with Crippen LogP contribution < -0.4 is 15.8 Å². The third-order valence-corrected chi connectivity index (χ3v) is 8.80. The smallest absolute Gasteiger partial charge is 0.261 e. The molecule has 4 aromatic rings. The Morgan fingerprint density at radius 1 is 1.10 bits per heavy atom. The molecule has 6 rings (SSSR count). The minimum atomic E-state index is -0.791. The van der Waals surface area contributed by atoms with Gasteiger partial charge in [-0.25, -0.2) is 4.98 Å². The van der Waals surface area contributed by atoms with Crippen LogP contribution in [0.5, 0.6) is 0 Å². The Kier molecular flexibility index (Phi) is 8.03. The standard InChI is InChI=1S/C31H38ClN7O2/c1-20-16-24(39-14-12-38(13-15-39)23-7-10-37(2)11-8-23)18-26-29(20)36-30(35-26)28-25(6-9-33-31(28)41)34-19-27(40)21-4-3-5-22(32)17-21/h3-6,9,16-18,23,27,40H,7-8,10-15,19H2,1-2H3,(H,35,36)(H2,33,34,41). The highest BCUT2D eigenvalue weighted by Gasteiger charge is 2.27. The summed E-state index contributed by atoms with van der Waals surface area (Å²) >= 11 is 6.09. The zero-order valence-electron chi connectivity index (χ0n) is 23.7. The number of rotatable bonds is 7. The van der Waals surface area contributed by atoms with Crippen molar-refractivity contribution in [2.45, 2.75) is 31.9 Å². The summed E-state index contributed by atoms with van der Waals surface area (Å²) in [5.74, 6) is 0.494. The number of piperidine rings is 1. The summed E-state index contributed by atoms with van der Waals surface area (Å²) in [6.45, 7) is 8.81. The van der Waals surface area contributed by atoms with E-state index in [0.29, 0.717) is 33.7 Å². The first-order valence-corrected chi connectivity index (χ1v) is 14.8. The molecule has 2 aromatic carbocycles. The number of aliphatic hydroxyl groups excluding tert-OH is 1. The number of hydrogen-bond acceptors (Lipinski definition) is 7. The predicted octanol–water partition coefficient (Wildman–Crippen LogP) is 4.24. The number of nitrogens with zero attached hydrogens (tertiary/aromatic N) is 4.